The SMILES string of the molecule is C[C@@H]1CCCN(C(=O)c2cccc3c2NC(=O)CO3)CC1. The summed E-state index contributed by atoms with van der Waals surface area (Å²) in [5, 5.41) is 2.76. The van der Waals surface area contributed by atoms with Crippen molar-refractivity contribution in [1.29, 1.82) is 0 Å². The van der Waals surface area contributed by atoms with Crippen molar-refractivity contribution in [2.75, 3.05) is 25.0 Å². The summed E-state index contributed by atoms with van der Waals surface area (Å²) in [5.41, 5.74) is 1.03. The summed E-state index contributed by atoms with van der Waals surface area (Å²) < 4.78 is 5.37. The molecule has 1 atom stereocenters. The van der Waals surface area contributed by atoms with Gasteiger partial charge in [0.1, 0.15) is 5.75 Å². The molecule has 1 fully saturated rings. The number of para-hydroxylation sites is 1. The molecule has 0 bridgehead atoms. The number of amides is 2. The predicted molar refractivity (Wildman–Crippen MR) is 79.5 cm³/mol. The first kappa shape index (κ1) is 13.9. The number of nitrogens with zero attached hydrogens (tertiary/aromatic N) is 1. The van der Waals surface area contributed by atoms with E-state index in [2.05, 4.69) is 12.2 Å². The molecule has 2 aliphatic heterocycles. The third-order valence-corrected chi connectivity index (χ3v) is 4.18. The lowest BCUT2D eigenvalue weighted by Crippen LogP contribution is -2.34. The monoisotopic (exact) mass is 288 g/mol. The summed E-state index contributed by atoms with van der Waals surface area (Å²) in [6.45, 7) is 3.79. The molecule has 1 aromatic carbocycles. The number of hydrogen-bond acceptors (Lipinski definition) is 3. The number of nitrogens with one attached hydrogen (secondary N) is 1. The molecule has 0 aliphatic carbocycles. The number of carbonyl (C=O) groups excluding carboxylic acids is 2. The molecule has 112 valence electrons. The zero-order valence-electron chi connectivity index (χ0n) is 12.2. The second-order valence-corrected chi connectivity index (χ2v) is 5.84. The molecule has 5 nitrogen and oxygen atoms in total. The maximum Gasteiger partial charge on any atom is 0.262 e. The van der Waals surface area contributed by atoms with E-state index in [9.17, 15) is 9.59 Å². The standard InChI is InChI=1S/C16H20N2O3/c1-11-4-3-8-18(9-7-11)16(20)12-5-2-6-13-15(12)17-14(19)10-21-13/h2,5-6,11H,3-4,7-10H2,1H3,(H,17,19)/t11-/m1/s1. The largest absolute Gasteiger partial charge is 0.482 e. The van der Waals surface area contributed by atoms with Gasteiger partial charge >= 0.3 is 0 Å². The van der Waals surface area contributed by atoms with Crippen LogP contribution in [0.1, 0.15) is 36.5 Å². The Morgan fingerprint density at radius 3 is 3.05 bits per heavy atom. The van der Waals surface area contributed by atoms with Crippen molar-refractivity contribution in [3.63, 3.8) is 0 Å². The van der Waals surface area contributed by atoms with Crippen molar-refractivity contribution in [1.82, 2.24) is 4.90 Å². The predicted octanol–water partition coefficient (Wildman–Crippen LogP) is 2.28. The highest BCUT2D eigenvalue weighted by Crippen LogP contribution is 2.32. The van der Waals surface area contributed by atoms with Gasteiger partial charge in [0.25, 0.3) is 11.8 Å². The van der Waals surface area contributed by atoms with E-state index in [-0.39, 0.29) is 18.4 Å². The summed E-state index contributed by atoms with van der Waals surface area (Å²) in [4.78, 5) is 26.2. The molecular weight excluding hydrogens is 268 g/mol. The van der Waals surface area contributed by atoms with Crippen LogP contribution in [0.15, 0.2) is 18.2 Å². The average molecular weight is 288 g/mol. The van der Waals surface area contributed by atoms with E-state index in [1.54, 1.807) is 18.2 Å². The summed E-state index contributed by atoms with van der Waals surface area (Å²) >= 11 is 0. The van der Waals surface area contributed by atoms with Crippen LogP contribution in [-0.2, 0) is 4.79 Å². The molecule has 3 rings (SSSR count). The summed E-state index contributed by atoms with van der Waals surface area (Å²) in [6, 6.07) is 5.32. The summed E-state index contributed by atoms with van der Waals surface area (Å²) in [6.07, 6.45) is 3.23. The summed E-state index contributed by atoms with van der Waals surface area (Å²) in [5.74, 6) is 0.998. The first-order chi connectivity index (χ1) is 10.1. The van der Waals surface area contributed by atoms with Gasteiger partial charge in [0.05, 0.1) is 11.3 Å². The Labute approximate surface area is 124 Å². The molecule has 1 aromatic rings. The normalized spacial score (nSPS) is 21.9. The van der Waals surface area contributed by atoms with Crippen LogP contribution in [0.2, 0.25) is 0 Å². The fourth-order valence-electron chi connectivity index (χ4n) is 2.91. The van der Waals surface area contributed by atoms with Gasteiger partial charge in [-0.15, -0.1) is 0 Å². The van der Waals surface area contributed by atoms with Gasteiger partial charge in [-0.3, -0.25) is 9.59 Å². The number of likely N-dealkylation sites (tertiary alicyclic amines) is 1. The second kappa shape index (κ2) is 5.76. The van der Waals surface area contributed by atoms with Crippen molar-refractivity contribution < 1.29 is 14.3 Å². The maximum absolute atomic E-state index is 12.8. The maximum atomic E-state index is 12.8. The van der Waals surface area contributed by atoms with E-state index in [1.807, 2.05) is 4.90 Å². The quantitative estimate of drug-likeness (QED) is 0.862. The topological polar surface area (TPSA) is 58.6 Å². The van der Waals surface area contributed by atoms with E-state index in [0.29, 0.717) is 22.9 Å². The summed E-state index contributed by atoms with van der Waals surface area (Å²) in [7, 11) is 0. The van der Waals surface area contributed by atoms with Gasteiger partial charge in [-0.2, -0.15) is 0 Å². The zero-order valence-corrected chi connectivity index (χ0v) is 12.2. The fraction of sp³-hybridized carbons (Fsp3) is 0.500. The first-order valence-corrected chi connectivity index (χ1v) is 7.50. The number of benzene rings is 1. The smallest absolute Gasteiger partial charge is 0.262 e. The van der Waals surface area contributed by atoms with Crippen LogP contribution in [0, 0.1) is 5.92 Å². The van der Waals surface area contributed by atoms with Crippen molar-refractivity contribution in [2.24, 2.45) is 5.92 Å². The van der Waals surface area contributed by atoms with E-state index in [0.717, 1.165) is 32.4 Å². The van der Waals surface area contributed by atoms with Crippen LogP contribution in [-0.4, -0.2) is 36.4 Å². The minimum Gasteiger partial charge on any atom is -0.482 e. The second-order valence-electron chi connectivity index (χ2n) is 5.84. The van der Waals surface area contributed by atoms with Crippen molar-refractivity contribution in [2.45, 2.75) is 26.2 Å². The van der Waals surface area contributed by atoms with Crippen molar-refractivity contribution in [3.8, 4) is 5.75 Å². The van der Waals surface area contributed by atoms with Gasteiger partial charge in [0.2, 0.25) is 0 Å². The molecule has 0 unspecified atom stereocenters. The van der Waals surface area contributed by atoms with Gasteiger partial charge in [0, 0.05) is 13.1 Å². The number of rotatable bonds is 1. The minimum absolute atomic E-state index is 0.00583. The lowest BCUT2D eigenvalue weighted by atomic mass is 10.0. The molecule has 21 heavy (non-hydrogen) atoms. The van der Waals surface area contributed by atoms with Crippen molar-refractivity contribution >= 4 is 17.5 Å². The number of hydrogen-bond donors (Lipinski definition) is 1. The Balaban J connectivity index is 1.86. The molecule has 2 amide bonds. The molecular formula is C16H20N2O3. The third-order valence-electron chi connectivity index (χ3n) is 4.18. The van der Waals surface area contributed by atoms with Crippen LogP contribution in [0.4, 0.5) is 5.69 Å². The van der Waals surface area contributed by atoms with Gasteiger partial charge in [0.15, 0.2) is 6.61 Å². The zero-order chi connectivity index (χ0) is 14.8. The van der Waals surface area contributed by atoms with Crippen LogP contribution in [0.3, 0.4) is 0 Å². The van der Waals surface area contributed by atoms with Gasteiger partial charge in [-0.05, 0) is 37.3 Å². The Morgan fingerprint density at radius 1 is 1.33 bits per heavy atom. The Hall–Kier alpha value is -2.04. The number of anilines is 1. The average Bonchev–Trinajstić information content (AvgIpc) is 2.70. The Bertz CT molecular complexity index is 571. The third kappa shape index (κ3) is 2.86. The number of fused-ring (bicyclic) bond motifs is 1. The first-order valence-electron chi connectivity index (χ1n) is 7.50. The lowest BCUT2D eigenvalue weighted by molar-refractivity contribution is -0.118. The Morgan fingerprint density at radius 2 is 2.19 bits per heavy atom. The van der Waals surface area contributed by atoms with E-state index < -0.39 is 0 Å². The Kier molecular flexibility index (Phi) is 3.82. The van der Waals surface area contributed by atoms with Crippen LogP contribution >= 0.6 is 0 Å². The van der Waals surface area contributed by atoms with Crippen LogP contribution in [0.25, 0.3) is 0 Å². The molecule has 0 spiro atoms. The van der Waals surface area contributed by atoms with Crippen LogP contribution < -0.4 is 10.1 Å². The van der Waals surface area contributed by atoms with E-state index in [4.69, 9.17) is 4.74 Å². The van der Waals surface area contributed by atoms with Gasteiger partial charge in [-0.1, -0.05) is 13.0 Å². The molecule has 0 radical (unpaired) electrons. The molecule has 1 saturated heterocycles. The van der Waals surface area contributed by atoms with Crippen LogP contribution in [0.5, 0.6) is 5.75 Å². The van der Waals surface area contributed by atoms with Gasteiger partial charge in [-0.25, -0.2) is 0 Å². The highest BCUT2D eigenvalue weighted by Gasteiger charge is 2.26. The molecule has 5 heteroatoms. The fourth-order valence-corrected chi connectivity index (χ4v) is 2.91. The van der Waals surface area contributed by atoms with E-state index in [1.165, 1.54) is 0 Å². The molecule has 0 aromatic heterocycles. The molecule has 1 N–H and O–H groups in total. The number of ether oxygens (including phenoxy) is 1. The van der Waals surface area contributed by atoms with Gasteiger partial charge < -0.3 is 15.0 Å². The molecule has 0 saturated carbocycles. The highest BCUT2D eigenvalue weighted by molar-refractivity contribution is 6.06. The number of carbonyl (C=O) groups is 2. The molecule has 2 heterocycles. The van der Waals surface area contributed by atoms with E-state index >= 15 is 0 Å². The minimum atomic E-state index is -0.216. The highest BCUT2D eigenvalue weighted by atomic mass is 16.5. The molecule has 2 aliphatic rings. The lowest BCUT2D eigenvalue weighted by Gasteiger charge is -2.25. The van der Waals surface area contributed by atoms with Crippen molar-refractivity contribution in [3.05, 3.63) is 23.8 Å².